The average molecular weight is 275 g/mol. The van der Waals surface area contributed by atoms with Gasteiger partial charge in [0.2, 0.25) is 0 Å². The average Bonchev–Trinajstić information content (AvgIpc) is 2.86. The van der Waals surface area contributed by atoms with Crippen LogP contribution < -0.4 is 5.32 Å². The number of nitrogens with one attached hydrogen (secondary N) is 1. The van der Waals surface area contributed by atoms with E-state index in [1.807, 2.05) is 0 Å². The molecule has 100 valence electrons. The molecule has 18 heavy (non-hydrogen) atoms. The van der Waals surface area contributed by atoms with Gasteiger partial charge in [0.15, 0.2) is 11.6 Å². The van der Waals surface area contributed by atoms with Crippen molar-refractivity contribution in [2.45, 2.75) is 6.42 Å². The normalized spacial score (nSPS) is 20.9. The van der Waals surface area contributed by atoms with Gasteiger partial charge < -0.3 is 15.2 Å². The second-order valence-electron chi connectivity index (χ2n) is 4.43. The summed E-state index contributed by atoms with van der Waals surface area (Å²) in [5.41, 5.74) is 0. The van der Waals surface area contributed by atoms with Crippen LogP contribution in [0.15, 0.2) is 12.3 Å². The summed E-state index contributed by atoms with van der Waals surface area (Å²) in [6.45, 7) is 1.91. The fourth-order valence-corrected chi connectivity index (χ4v) is 2.22. The first-order chi connectivity index (χ1) is 8.70. The molecule has 0 bridgehead atoms. The number of aromatic nitrogens is 1. The van der Waals surface area contributed by atoms with Crippen LogP contribution in [0.25, 0.3) is 0 Å². The second kappa shape index (κ2) is 6.31. The molecule has 0 radical (unpaired) electrons. The summed E-state index contributed by atoms with van der Waals surface area (Å²) in [5.74, 6) is 0.0425. The van der Waals surface area contributed by atoms with E-state index in [1.165, 1.54) is 12.3 Å². The van der Waals surface area contributed by atoms with Gasteiger partial charge in [0.1, 0.15) is 0 Å². The Morgan fingerprint density at radius 2 is 2.50 bits per heavy atom. The number of hydrogen-bond acceptors (Lipinski definition) is 4. The number of ether oxygens (including phenoxy) is 1. The van der Waals surface area contributed by atoms with Gasteiger partial charge >= 0.3 is 0 Å². The van der Waals surface area contributed by atoms with E-state index in [-0.39, 0.29) is 23.4 Å². The molecule has 0 saturated carbocycles. The lowest BCUT2D eigenvalue weighted by Crippen LogP contribution is -2.27. The summed E-state index contributed by atoms with van der Waals surface area (Å²) >= 11 is 5.62. The number of halogens is 2. The van der Waals surface area contributed by atoms with Gasteiger partial charge in [-0.15, -0.1) is 0 Å². The molecule has 2 N–H and O–H groups in total. The molecule has 2 unspecified atom stereocenters. The maximum Gasteiger partial charge on any atom is 0.166 e. The van der Waals surface area contributed by atoms with Crippen molar-refractivity contribution in [1.29, 1.82) is 0 Å². The number of aliphatic hydroxyl groups is 1. The van der Waals surface area contributed by atoms with Crippen molar-refractivity contribution in [3.05, 3.63) is 23.1 Å². The first kappa shape index (κ1) is 13.5. The number of rotatable bonds is 5. The quantitative estimate of drug-likeness (QED) is 0.861. The molecule has 6 heteroatoms. The summed E-state index contributed by atoms with van der Waals surface area (Å²) in [6.07, 6.45) is 2.32. The molecule has 0 aliphatic carbocycles. The summed E-state index contributed by atoms with van der Waals surface area (Å²) in [5, 5.41) is 12.5. The van der Waals surface area contributed by atoms with Crippen LogP contribution in [0.5, 0.6) is 0 Å². The Kier molecular flexibility index (Phi) is 4.74. The van der Waals surface area contributed by atoms with E-state index in [1.54, 1.807) is 0 Å². The summed E-state index contributed by atoms with van der Waals surface area (Å²) < 4.78 is 18.8. The van der Waals surface area contributed by atoms with Crippen LogP contribution >= 0.6 is 11.6 Å². The molecule has 1 aliphatic rings. The van der Waals surface area contributed by atoms with E-state index in [0.717, 1.165) is 13.0 Å². The van der Waals surface area contributed by atoms with Gasteiger partial charge in [-0.05, 0) is 18.4 Å². The molecule has 2 rings (SSSR count). The van der Waals surface area contributed by atoms with Gasteiger partial charge in [-0.2, -0.15) is 0 Å². The van der Waals surface area contributed by atoms with E-state index in [2.05, 4.69) is 10.3 Å². The highest BCUT2D eigenvalue weighted by Gasteiger charge is 2.25. The molecule has 2 heterocycles. The first-order valence-electron chi connectivity index (χ1n) is 5.94. The van der Waals surface area contributed by atoms with Crippen LogP contribution in [-0.2, 0) is 4.74 Å². The van der Waals surface area contributed by atoms with Crippen molar-refractivity contribution in [1.82, 2.24) is 4.98 Å². The lowest BCUT2D eigenvalue weighted by atomic mass is 9.92. The second-order valence-corrected chi connectivity index (χ2v) is 4.87. The van der Waals surface area contributed by atoms with E-state index in [9.17, 15) is 9.50 Å². The molecule has 1 aromatic rings. The van der Waals surface area contributed by atoms with Crippen molar-refractivity contribution >= 4 is 17.4 Å². The van der Waals surface area contributed by atoms with Gasteiger partial charge in [0.05, 0.1) is 5.02 Å². The predicted molar refractivity (Wildman–Crippen MR) is 67.2 cm³/mol. The lowest BCUT2D eigenvalue weighted by Gasteiger charge is -2.20. The lowest BCUT2D eigenvalue weighted by molar-refractivity contribution is 0.144. The third kappa shape index (κ3) is 3.31. The topological polar surface area (TPSA) is 54.4 Å². The number of aliphatic hydroxyl groups excluding tert-OH is 1. The Bertz CT molecular complexity index is 400. The molecule has 1 aromatic heterocycles. The van der Waals surface area contributed by atoms with Crippen molar-refractivity contribution < 1.29 is 14.2 Å². The van der Waals surface area contributed by atoms with Crippen molar-refractivity contribution in [3.8, 4) is 0 Å². The van der Waals surface area contributed by atoms with Gasteiger partial charge in [-0.3, -0.25) is 0 Å². The fourth-order valence-electron chi connectivity index (χ4n) is 2.08. The predicted octanol–water partition coefficient (Wildman–Crippen LogP) is 1.93. The number of nitrogens with zero attached hydrogens (tertiary/aromatic N) is 1. The van der Waals surface area contributed by atoms with Gasteiger partial charge in [0.25, 0.3) is 0 Å². The molecule has 4 nitrogen and oxygen atoms in total. The maximum atomic E-state index is 13.5. The summed E-state index contributed by atoms with van der Waals surface area (Å²) in [7, 11) is 0. The molecule has 0 amide bonds. The molecular weight excluding hydrogens is 259 g/mol. The van der Waals surface area contributed by atoms with Crippen molar-refractivity contribution in [2.75, 3.05) is 31.7 Å². The monoisotopic (exact) mass is 274 g/mol. The Hall–Kier alpha value is -0.910. The van der Waals surface area contributed by atoms with E-state index >= 15 is 0 Å². The standard InChI is InChI=1S/C12H16ClFN2O2/c13-10-3-11(14)12(16-5-10)15-4-9(6-17)8-1-2-18-7-8/h3,5,8-9,17H,1-2,4,6-7H2,(H,15,16). The van der Waals surface area contributed by atoms with Gasteiger partial charge in [0, 0.05) is 38.5 Å². The summed E-state index contributed by atoms with van der Waals surface area (Å²) in [4.78, 5) is 3.88. The number of anilines is 1. The zero-order chi connectivity index (χ0) is 13.0. The highest BCUT2D eigenvalue weighted by atomic mass is 35.5. The van der Waals surface area contributed by atoms with Crippen LogP contribution in [0.2, 0.25) is 5.02 Å². The fraction of sp³-hybridized carbons (Fsp3) is 0.583. The third-order valence-corrected chi connectivity index (χ3v) is 3.41. The number of pyridine rings is 1. The number of hydrogen-bond donors (Lipinski definition) is 2. The molecule has 1 aliphatic heterocycles. The highest BCUT2D eigenvalue weighted by Crippen LogP contribution is 2.23. The minimum absolute atomic E-state index is 0.0457. The van der Waals surface area contributed by atoms with E-state index in [4.69, 9.17) is 16.3 Å². The van der Waals surface area contributed by atoms with E-state index in [0.29, 0.717) is 19.1 Å². The van der Waals surface area contributed by atoms with Crippen LogP contribution in [0.4, 0.5) is 10.2 Å². The third-order valence-electron chi connectivity index (χ3n) is 3.21. The Morgan fingerprint density at radius 3 is 3.11 bits per heavy atom. The summed E-state index contributed by atoms with van der Waals surface area (Å²) in [6, 6.07) is 1.21. The first-order valence-corrected chi connectivity index (χ1v) is 6.32. The largest absolute Gasteiger partial charge is 0.396 e. The smallest absolute Gasteiger partial charge is 0.166 e. The Labute approximate surface area is 110 Å². The highest BCUT2D eigenvalue weighted by molar-refractivity contribution is 6.30. The van der Waals surface area contributed by atoms with Gasteiger partial charge in [-0.25, -0.2) is 9.37 Å². The van der Waals surface area contributed by atoms with Crippen molar-refractivity contribution in [3.63, 3.8) is 0 Å². The van der Waals surface area contributed by atoms with Crippen LogP contribution in [0, 0.1) is 17.7 Å². The SMILES string of the molecule is OCC(CNc1ncc(Cl)cc1F)C1CCOC1. The molecule has 1 saturated heterocycles. The molecular formula is C12H16ClFN2O2. The molecule has 1 fully saturated rings. The van der Waals surface area contributed by atoms with Crippen LogP contribution in [0.1, 0.15) is 6.42 Å². The van der Waals surface area contributed by atoms with Crippen LogP contribution in [-0.4, -0.2) is 36.5 Å². The Balaban J connectivity index is 1.92. The van der Waals surface area contributed by atoms with Gasteiger partial charge in [-0.1, -0.05) is 11.6 Å². The molecule has 0 spiro atoms. The zero-order valence-electron chi connectivity index (χ0n) is 9.90. The molecule has 2 atom stereocenters. The van der Waals surface area contributed by atoms with Crippen LogP contribution in [0.3, 0.4) is 0 Å². The maximum absolute atomic E-state index is 13.5. The Morgan fingerprint density at radius 1 is 1.67 bits per heavy atom. The van der Waals surface area contributed by atoms with E-state index < -0.39 is 5.82 Å². The van der Waals surface area contributed by atoms with Crippen molar-refractivity contribution in [2.24, 2.45) is 11.8 Å². The minimum atomic E-state index is -0.484. The minimum Gasteiger partial charge on any atom is -0.396 e. The zero-order valence-corrected chi connectivity index (χ0v) is 10.7. The molecule has 0 aromatic carbocycles.